The molecule has 146 valence electrons. The van der Waals surface area contributed by atoms with Crippen LogP contribution in [0.25, 0.3) is 5.69 Å². The molecule has 1 aromatic heterocycles. The maximum absolute atomic E-state index is 12.5. The second-order valence-corrected chi connectivity index (χ2v) is 8.90. The van der Waals surface area contributed by atoms with Crippen LogP contribution in [0.1, 0.15) is 16.1 Å². The minimum Gasteiger partial charge on any atom is -0.273 e. The van der Waals surface area contributed by atoms with Crippen LogP contribution in [0.5, 0.6) is 0 Å². The first kappa shape index (κ1) is 21.0. The Morgan fingerprint density at radius 1 is 1.04 bits per heavy atom. The fraction of sp³-hybridized carbons (Fsp3) is 0.0588. The number of aromatic nitrogens is 2. The zero-order chi connectivity index (χ0) is 20.6. The monoisotopic (exact) mass is 477 g/mol. The Bertz CT molecular complexity index is 1170. The van der Waals surface area contributed by atoms with Gasteiger partial charge in [0, 0.05) is 10.0 Å². The molecule has 0 unspecified atom stereocenters. The molecule has 11 heteroatoms. The molecule has 0 saturated heterocycles. The van der Waals surface area contributed by atoms with Crippen LogP contribution in [0.4, 0.5) is 0 Å². The standard InChI is InChI=1S/C17H11Cl4N3O3S/c1-9-4-2-3-5-13(9)28(26,27)23-16(25)14-15(20)24(17(21)22-14)12-7-10(18)6-11(19)8-12/h2-8H,1H3,(H,23,25). The Kier molecular flexibility index (Phi) is 5.93. The Balaban J connectivity index is 1.99. The lowest BCUT2D eigenvalue weighted by Gasteiger charge is -2.09. The van der Waals surface area contributed by atoms with Crippen molar-refractivity contribution in [2.45, 2.75) is 11.8 Å². The van der Waals surface area contributed by atoms with Gasteiger partial charge in [-0.1, -0.05) is 53.0 Å². The maximum Gasteiger partial charge on any atom is 0.286 e. The Morgan fingerprint density at radius 3 is 2.25 bits per heavy atom. The molecule has 0 spiro atoms. The summed E-state index contributed by atoms with van der Waals surface area (Å²) in [6, 6.07) is 10.8. The number of carbonyl (C=O) groups excluding carboxylic acids is 1. The molecule has 0 saturated carbocycles. The van der Waals surface area contributed by atoms with Gasteiger partial charge in [-0.2, -0.15) is 0 Å². The van der Waals surface area contributed by atoms with Gasteiger partial charge in [-0.3, -0.25) is 9.36 Å². The number of halogens is 4. The molecule has 3 aromatic rings. The molecule has 3 rings (SSSR count). The van der Waals surface area contributed by atoms with Gasteiger partial charge in [0.25, 0.3) is 15.9 Å². The summed E-state index contributed by atoms with van der Waals surface area (Å²) in [7, 11) is -4.13. The molecule has 0 aliphatic heterocycles. The number of rotatable bonds is 4. The molecule has 0 aliphatic carbocycles. The number of nitrogens with zero attached hydrogens (tertiary/aromatic N) is 2. The minimum absolute atomic E-state index is 0.0355. The second-order valence-electron chi connectivity index (χ2n) is 5.68. The molecule has 6 nitrogen and oxygen atoms in total. The van der Waals surface area contributed by atoms with Gasteiger partial charge in [0.05, 0.1) is 10.6 Å². The average molecular weight is 479 g/mol. The molecule has 1 amide bonds. The van der Waals surface area contributed by atoms with E-state index in [-0.39, 0.29) is 21.0 Å². The van der Waals surface area contributed by atoms with Crippen molar-refractivity contribution in [3.05, 3.63) is 74.2 Å². The average Bonchev–Trinajstić information content (AvgIpc) is 2.88. The highest BCUT2D eigenvalue weighted by atomic mass is 35.5. The van der Waals surface area contributed by atoms with Crippen LogP contribution in [0, 0.1) is 6.92 Å². The molecule has 1 heterocycles. The van der Waals surface area contributed by atoms with Gasteiger partial charge in [0.1, 0.15) is 5.15 Å². The van der Waals surface area contributed by atoms with Crippen LogP contribution < -0.4 is 4.72 Å². The second kappa shape index (κ2) is 7.93. The summed E-state index contributed by atoms with van der Waals surface area (Å²) in [5, 5.41) is 0.274. The highest BCUT2D eigenvalue weighted by Crippen LogP contribution is 2.30. The molecule has 0 bridgehead atoms. The fourth-order valence-electron chi connectivity index (χ4n) is 2.49. The van der Waals surface area contributed by atoms with E-state index in [4.69, 9.17) is 46.4 Å². The van der Waals surface area contributed by atoms with E-state index in [1.54, 1.807) is 25.1 Å². The molecular formula is C17H11Cl4N3O3S. The van der Waals surface area contributed by atoms with E-state index in [0.29, 0.717) is 21.3 Å². The third kappa shape index (κ3) is 4.14. The lowest BCUT2D eigenvalue weighted by atomic mass is 10.2. The number of amides is 1. The zero-order valence-corrected chi connectivity index (χ0v) is 17.9. The summed E-state index contributed by atoms with van der Waals surface area (Å²) in [6.45, 7) is 1.61. The van der Waals surface area contributed by atoms with Crippen molar-refractivity contribution in [2.75, 3.05) is 0 Å². The topological polar surface area (TPSA) is 81.1 Å². The highest BCUT2D eigenvalue weighted by Gasteiger charge is 2.26. The van der Waals surface area contributed by atoms with E-state index in [1.807, 2.05) is 4.72 Å². The number of imidazole rings is 1. The van der Waals surface area contributed by atoms with Crippen LogP contribution in [-0.2, 0) is 10.0 Å². The molecule has 1 N–H and O–H groups in total. The van der Waals surface area contributed by atoms with Crippen molar-refractivity contribution in [1.29, 1.82) is 0 Å². The molecule has 0 fully saturated rings. The van der Waals surface area contributed by atoms with Crippen molar-refractivity contribution in [1.82, 2.24) is 14.3 Å². The van der Waals surface area contributed by atoms with E-state index in [0.717, 1.165) is 0 Å². The lowest BCUT2D eigenvalue weighted by Crippen LogP contribution is -2.31. The first-order valence-electron chi connectivity index (χ1n) is 7.63. The summed E-state index contributed by atoms with van der Waals surface area (Å²) >= 11 is 24.3. The summed E-state index contributed by atoms with van der Waals surface area (Å²) < 4.78 is 28.2. The number of benzene rings is 2. The lowest BCUT2D eigenvalue weighted by molar-refractivity contribution is 0.0977. The van der Waals surface area contributed by atoms with Crippen LogP contribution in [0.15, 0.2) is 47.4 Å². The predicted octanol–water partition coefficient (Wildman–Crippen LogP) is 4.91. The number of aryl methyl sites for hydroxylation is 1. The van der Waals surface area contributed by atoms with E-state index in [2.05, 4.69) is 4.98 Å². The van der Waals surface area contributed by atoms with Crippen molar-refractivity contribution < 1.29 is 13.2 Å². The summed E-state index contributed by atoms with van der Waals surface area (Å²) in [5.74, 6) is -1.03. The minimum atomic E-state index is -4.13. The van der Waals surface area contributed by atoms with Gasteiger partial charge in [-0.05, 0) is 48.4 Å². The molecule has 0 aliphatic rings. The van der Waals surface area contributed by atoms with Crippen molar-refractivity contribution in [3.63, 3.8) is 0 Å². The Labute approximate surface area is 181 Å². The van der Waals surface area contributed by atoms with Gasteiger partial charge in [0.15, 0.2) is 5.69 Å². The van der Waals surface area contributed by atoms with E-state index in [9.17, 15) is 13.2 Å². The zero-order valence-electron chi connectivity index (χ0n) is 14.1. The fourth-order valence-corrected chi connectivity index (χ4v) is 4.82. The number of sulfonamides is 1. The van der Waals surface area contributed by atoms with Crippen molar-refractivity contribution in [3.8, 4) is 5.69 Å². The van der Waals surface area contributed by atoms with Crippen LogP contribution in [-0.4, -0.2) is 23.9 Å². The predicted molar refractivity (Wildman–Crippen MR) is 109 cm³/mol. The summed E-state index contributed by atoms with van der Waals surface area (Å²) in [4.78, 5) is 16.4. The van der Waals surface area contributed by atoms with E-state index >= 15 is 0 Å². The first-order chi connectivity index (χ1) is 13.1. The number of carbonyl (C=O) groups is 1. The molecule has 0 atom stereocenters. The third-order valence-corrected chi connectivity index (χ3v) is 6.24. The van der Waals surface area contributed by atoms with Crippen LogP contribution in [0.3, 0.4) is 0 Å². The SMILES string of the molecule is Cc1ccccc1S(=O)(=O)NC(=O)c1nc(Cl)n(-c2cc(Cl)cc(Cl)c2)c1Cl. The molecule has 28 heavy (non-hydrogen) atoms. The van der Waals surface area contributed by atoms with Gasteiger partial charge in [-0.25, -0.2) is 18.1 Å². The quantitative estimate of drug-likeness (QED) is 0.577. The van der Waals surface area contributed by atoms with Gasteiger partial charge in [-0.15, -0.1) is 0 Å². The maximum atomic E-state index is 12.5. The van der Waals surface area contributed by atoms with Crippen molar-refractivity contribution >= 4 is 62.3 Å². The summed E-state index contributed by atoms with van der Waals surface area (Å²) in [5.41, 5.74) is 0.478. The number of hydrogen-bond acceptors (Lipinski definition) is 4. The normalized spacial score (nSPS) is 11.5. The smallest absolute Gasteiger partial charge is 0.273 e. The highest BCUT2D eigenvalue weighted by molar-refractivity contribution is 7.90. The van der Waals surface area contributed by atoms with E-state index < -0.39 is 15.9 Å². The van der Waals surface area contributed by atoms with Gasteiger partial charge < -0.3 is 0 Å². The molecule has 0 radical (unpaired) electrons. The largest absolute Gasteiger partial charge is 0.286 e. The Hall–Kier alpha value is -1.77. The van der Waals surface area contributed by atoms with Crippen molar-refractivity contribution in [2.24, 2.45) is 0 Å². The number of nitrogens with one attached hydrogen (secondary N) is 1. The molecular weight excluding hydrogens is 468 g/mol. The third-order valence-electron chi connectivity index (χ3n) is 3.71. The van der Waals surface area contributed by atoms with Gasteiger partial charge in [0.2, 0.25) is 5.28 Å². The number of hydrogen-bond donors (Lipinski definition) is 1. The van der Waals surface area contributed by atoms with E-state index in [1.165, 1.54) is 28.8 Å². The van der Waals surface area contributed by atoms with Gasteiger partial charge >= 0.3 is 0 Å². The first-order valence-corrected chi connectivity index (χ1v) is 10.6. The molecule has 2 aromatic carbocycles. The van der Waals surface area contributed by atoms with Crippen LogP contribution in [0.2, 0.25) is 20.5 Å². The van der Waals surface area contributed by atoms with Crippen LogP contribution >= 0.6 is 46.4 Å². The Morgan fingerprint density at radius 2 is 1.64 bits per heavy atom. The summed E-state index contributed by atoms with van der Waals surface area (Å²) in [6.07, 6.45) is 0.